The van der Waals surface area contributed by atoms with Gasteiger partial charge in [0.15, 0.2) is 6.79 Å². The third-order valence-corrected chi connectivity index (χ3v) is 5.59. The lowest BCUT2D eigenvalue weighted by atomic mass is 9.85. The number of nitrogens with zero attached hydrogens (tertiary/aromatic N) is 1. The Bertz CT molecular complexity index is 977. The van der Waals surface area contributed by atoms with Gasteiger partial charge in [0.2, 0.25) is 0 Å². The summed E-state index contributed by atoms with van der Waals surface area (Å²) in [6.07, 6.45) is 1.85. The Morgan fingerprint density at radius 2 is 1.74 bits per heavy atom. The zero-order valence-corrected chi connectivity index (χ0v) is 23.5. The summed E-state index contributed by atoms with van der Waals surface area (Å²) in [5, 5.41) is 0. The first-order chi connectivity index (χ1) is 16.4. The molecule has 0 spiro atoms. The average molecular weight is 549 g/mol. The van der Waals surface area contributed by atoms with E-state index in [1.807, 2.05) is 57.2 Å². The van der Waals surface area contributed by atoms with E-state index in [2.05, 4.69) is 42.8 Å². The molecule has 0 bridgehead atoms. The van der Waals surface area contributed by atoms with Crippen LogP contribution in [0.4, 0.5) is 0 Å². The molecule has 1 unspecified atom stereocenters. The minimum Gasteiger partial charge on any atom is -0.466 e. The second kappa shape index (κ2) is 13.2. The van der Waals surface area contributed by atoms with Crippen LogP contribution in [0.5, 0.6) is 5.75 Å². The molecule has 0 amide bonds. The number of methoxy groups -OCH3 is 1. The standard InChI is InChI=1S/C28H38BrNO5/c1-27(2,3)21-15-22(26(23(29)16-21)34-19-33-14-13-32-7)24(17-25(31)35-28(4,5)6)30-18-20-11-9-8-10-12-20/h8-12,15-16,18,24H,13-14,17,19H2,1-7H3/b30-18+. The van der Waals surface area contributed by atoms with Crippen LogP contribution in [-0.2, 0) is 24.4 Å². The fourth-order valence-corrected chi connectivity index (χ4v) is 3.84. The van der Waals surface area contributed by atoms with Crippen LogP contribution in [0.25, 0.3) is 0 Å². The number of carbonyl (C=O) groups excluding carboxylic acids is 1. The van der Waals surface area contributed by atoms with E-state index in [1.54, 1.807) is 13.3 Å². The van der Waals surface area contributed by atoms with Gasteiger partial charge in [0.1, 0.15) is 11.4 Å². The predicted molar refractivity (Wildman–Crippen MR) is 143 cm³/mol. The lowest BCUT2D eigenvalue weighted by molar-refractivity contribution is -0.155. The zero-order chi connectivity index (χ0) is 26.1. The van der Waals surface area contributed by atoms with Crippen molar-refractivity contribution in [2.75, 3.05) is 27.1 Å². The molecular weight excluding hydrogens is 510 g/mol. The summed E-state index contributed by atoms with van der Waals surface area (Å²) in [6, 6.07) is 13.4. The zero-order valence-electron chi connectivity index (χ0n) is 21.9. The Morgan fingerprint density at radius 3 is 2.34 bits per heavy atom. The van der Waals surface area contributed by atoms with Crippen molar-refractivity contribution in [1.29, 1.82) is 0 Å². The van der Waals surface area contributed by atoms with Crippen LogP contribution in [-0.4, -0.2) is 44.9 Å². The van der Waals surface area contributed by atoms with Crippen LogP contribution in [0.1, 0.15) is 70.7 Å². The molecular formula is C28H38BrNO5. The molecule has 2 aromatic carbocycles. The second-order valence-electron chi connectivity index (χ2n) is 10.3. The number of ether oxygens (including phenoxy) is 4. The number of aliphatic imine (C=N–C) groups is 1. The maximum Gasteiger partial charge on any atom is 0.308 e. The SMILES string of the molecule is COCCOCOc1c(Br)cc(C(C)(C)C)cc1C(CC(=O)OC(C)(C)C)/N=C/c1ccccc1. The minimum atomic E-state index is -0.590. The molecule has 0 heterocycles. The summed E-state index contributed by atoms with van der Waals surface area (Å²) in [4.78, 5) is 17.7. The third-order valence-electron chi connectivity index (χ3n) is 5.00. The first-order valence-corrected chi connectivity index (χ1v) is 12.5. The summed E-state index contributed by atoms with van der Waals surface area (Å²) in [7, 11) is 1.62. The molecule has 0 aromatic heterocycles. The highest BCUT2D eigenvalue weighted by atomic mass is 79.9. The van der Waals surface area contributed by atoms with Gasteiger partial charge < -0.3 is 18.9 Å². The van der Waals surface area contributed by atoms with E-state index in [0.29, 0.717) is 19.0 Å². The van der Waals surface area contributed by atoms with Crippen molar-refractivity contribution in [2.24, 2.45) is 4.99 Å². The summed E-state index contributed by atoms with van der Waals surface area (Å²) < 4.78 is 23.0. The number of rotatable bonds is 11. The molecule has 0 saturated heterocycles. The molecule has 0 aliphatic heterocycles. The predicted octanol–water partition coefficient (Wildman–Crippen LogP) is 6.64. The summed E-state index contributed by atoms with van der Waals surface area (Å²) in [5.74, 6) is 0.265. The van der Waals surface area contributed by atoms with Gasteiger partial charge in [-0.2, -0.15) is 0 Å². The van der Waals surface area contributed by atoms with Crippen molar-refractivity contribution < 1.29 is 23.7 Å². The molecule has 0 aliphatic rings. The Balaban J connectivity index is 2.50. The van der Waals surface area contributed by atoms with E-state index in [-0.39, 0.29) is 24.6 Å². The molecule has 0 N–H and O–H groups in total. The van der Waals surface area contributed by atoms with Crippen LogP contribution in [0.15, 0.2) is 51.9 Å². The van der Waals surface area contributed by atoms with Crippen molar-refractivity contribution in [2.45, 2.75) is 65.0 Å². The number of hydrogen-bond donors (Lipinski definition) is 0. The lowest BCUT2D eigenvalue weighted by Crippen LogP contribution is -2.25. The molecule has 2 rings (SSSR count). The summed E-state index contributed by atoms with van der Waals surface area (Å²) in [6.45, 7) is 12.9. The summed E-state index contributed by atoms with van der Waals surface area (Å²) in [5.41, 5.74) is 2.12. The number of carbonyl (C=O) groups is 1. The fraction of sp³-hybridized carbons (Fsp3) is 0.500. The van der Waals surface area contributed by atoms with E-state index in [1.165, 1.54) is 0 Å². The molecule has 7 heteroatoms. The summed E-state index contributed by atoms with van der Waals surface area (Å²) >= 11 is 3.68. The molecule has 0 fully saturated rings. The molecule has 192 valence electrons. The minimum absolute atomic E-state index is 0.0470. The van der Waals surface area contributed by atoms with E-state index in [0.717, 1.165) is 21.2 Å². The monoisotopic (exact) mass is 547 g/mol. The Labute approximate surface area is 218 Å². The van der Waals surface area contributed by atoms with E-state index in [9.17, 15) is 4.79 Å². The Kier molecular flexibility index (Phi) is 10.9. The van der Waals surface area contributed by atoms with Gasteiger partial charge >= 0.3 is 5.97 Å². The smallest absolute Gasteiger partial charge is 0.308 e. The third kappa shape index (κ3) is 10.1. The molecule has 2 aromatic rings. The van der Waals surface area contributed by atoms with Gasteiger partial charge in [0, 0.05) is 18.9 Å². The van der Waals surface area contributed by atoms with E-state index < -0.39 is 11.6 Å². The van der Waals surface area contributed by atoms with Crippen molar-refractivity contribution in [3.8, 4) is 5.75 Å². The molecule has 0 saturated carbocycles. The molecule has 35 heavy (non-hydrogen) atoms. The molecule has 1 atom stereocenters. The van der Waals surface area contributed by atoms with E-state index in [4.69, 9.17) is 23.9 Å². The van der Waals surface area contributed by atoms with Crippen molar-refractivity contribution in [3.05, 3.63) is 63.6 Å². The van der Waals surface area contributed by atoms with Gasteiger partial charge in [0.05, 0.1) is 30.1 Å². The van der Waals surface area contributed by atoms with Crippen LogP contribution in [0.3, 0.4) is 0 Å². The van der Waals surface area contributed by atoms with Gasteiger partial charge in [-0.05, 0) is 65.4 Å². The van der Waals surface area contributed by atoms with Crippen LogP contribution in [0.2, 0.25) is 0 Å². The number of esters is 1. The second-order valence-corrected chi connectivity index (χ2v) is 11.1. The van der Waals surface area contributed by atoms with Crippen LogP contribution >= 0.6 is 15.9 Å². The molecule has 0 radical (unpaired) electrons. The quantitative estimate of drug-likeness (QED) is 0.136. The number of hydrogen-bond acceptors (Lipinski definition) is 6. The maximum atomic E-state index is 12.9. The van der Waals surface area contributed by atoms with E-state index >= 15 is 0 Å². The largest absolute Gasteiger partial charge is 0.466 e. The van der Waals surface area contributed by atoms with Crippen molar-refractivity contribution in [1.82, 2.24) is 0 Å². The van der Waals surface area contributed by atoms with Gasteiger partial charge in [-0.1, -0.05) is 51.1 Å². The van der Waals surface area contributed by atoms with Crippen molar-refractivity contribution in [3.63, 3.8) is 0 Å². The topological polar surface area (TPSA) is 66.4 Å². The number of benzene rings is 2. The first-order valence-electron chi connectivity index (χ1n) is 11.7. The van der Waals surface area contributed by atoms with Gasteiger partial charge in [-0.15, -0.1) is 0 Å². The van der Waals surface area contributed by atoms with Gasteiger partial charge in [-0.3, -0.25) is 9.79 Å². The first kappa shape index (κ1) is 29.0. The van der Waals surface area contributed by atoms with Crippen molar-refractivity contribution >= 4 is 28.1 Å². The highest BCUT2D eigenvalue weighted by Gasteiger charge is 2.27. The normalized spacial score (nSPS) is 13.1. The highest BCUT2D eigenvalue weighted by molar-refractivity contribution is 9.10. The highest BCUT2D eigenvalue weighted by Crippen LogP contribution is 2.40. The molecule has 6 nitrogen and oxygen atoms in total. The maximum absolute atomic E-state index is 12.9. The van der Waals surface area contributed by atoms with Gasteiger partial charge in [0.25, 0.3) is 0 Å². The average Bonchev–Trinajstić information content (AvgIpc) is 2.76. The molecule has 0 aliphatic carbocycles. The Hall–Kier alpha value is -2.22. The fourth-order valence-electron chi connectivity index (χ4n) is 3.25. The van der Waals surface area contributed by atoms with Crippen LogP contribution < -0.4 is 4.74 Å². The number of halogens is 1. The lowest BCUT2D eigenvalue weighted by Gasteiger charge is -2.26. The van der Waals surface area contributed by atoms with Crippen LogP contribution in [0, 0.1) is 0 Å². The van der Waals surface area contributed by atoms with Gasteiger partial charge in [-0.25, -0.2) is 0 Å². The Morgan fingerprint density at radius 1 is 1.06 bits per heavy atom.